The predicted molar refractivity (Wildman–Crippen MR) is 86.7 cm³/mol. The summed E-state index contributed by atoms with van der Waals surface area (Å²) >= 11 is 5.89. The first-order chi connectivity index (χ1) is 11.6. The molecule has 122 valence electrons. The lowest BCUT2D eigenvalue weighted by Crippen LogP contribution is -2.24. The summed E-state index contributed by atoms with van der Waals surface area (Å²) in [5, 5.41) is 11.0. The van der Waals surface area contributed by atoms with Crippen molar-refractivity contribution >= 4 is 17.5 Å². The van der Waals surface area contributed by atoms with Gasteiger partial charge in [-0.05, 0) is 35.9 Å². The molecule has 2 aromatic carbocycles. The molecule has 1 aromatic heterocycles. The largest absolute Gasteiger partial charge is 0.420 e. The molecule has 3 aromatic rings. The number of aromatic nitrogens is 2. The van der Waals surface area contributed by atoms with Crippen LogP contribution in [0, 0.1) is 5.82 Å². The Hall–Kier alpha value is -2.73. The van der Waals surface area contributed by atoms with Gasteiger partial charge in [-0.15, -0.1) is 10.2 Å². The lowest BCUT2D eigenvalue weighted by Gasteiger charge is -2.04. The van der Waals surface area contributed by atoms with Crippen LogP contribution in [0.3, 0.4) is 0 Å². The van der Waals surface area contributed by atoms with Crippen LogP contribution in [0.25, 0.3) is 11.5 Å². The maximum absolute atomic E-state index is 13.2. The molecule has 0 radical (unpaired) electrons. The van der Waals surface area contributed by atoms with Crippen molar-refractivity contribution in [2.45, 2.75) is 13.0 Å². The minimum absolute atomic E-state index is 0.0527. The van der Waals surface area contributed by atoms with E-state index in [-0.39, 0.29) is 24.1 Å². The van der Waals surface area contributed by atoms with E-state index >= 15 is 0 Å². The molecular weight excluding hydrogens is 333 g/mol. The van der Waals surface area contributed by atoms with E-state index in [1.807, 2.05) is 12.1 Å². The van der Waals surface area contributed by atoms with Crippen LogP contribution >= 0.6 is 11.6 Å². The van der Waals surface area contributed by atoms with Crippen LogP contribution in [0.1, 0.15) is 11.5 Å². The molecule has 0 aliphatic rings. The number of hydrogen-bond donors (Lipinski definition) is 1. The van der Waals surface area contributed by atoms with Crippen molar-refractivity contribution in [2.75, 3.05) is 0 Å². The molecule has 7 heteroatoms. The van der Waals surface area contributed by atoms with Crippen LogP contribution in [0.15, 0.2) is 52.9 Å². The summed E-state index contributed by atoms with van der Waals surface area (Å²) in [5.74, 6) is -0.319. The fourth-order valence-corrected chi connectivity index (χ4v) is 2.32. The molecule has 24 heavy (non-hydrogen) atoms. The smallest absolute Gasteiger partial charge is 0.247 e. The van der Waals surface area contributed by atoms with Crippen LogP contribution in [0.2, 0.25) is 5.02 Å². The Bertz CT molecular complexity index is 866. The number of hydrogen-bond acceptors (Lipinski definition) is 4. The number of rotatable bonds is 5. The lowest BCUT2D eigenvalue weighted by atomic mass is 10.2. The first kappa shape index (κ1) is 16.1. The zero-order chi connectivity index (χ0) is 16.9. The van der Waals surface area contributed by atoms with Crippen LogP contribution in [-0.2, 0) is 17.8 Å². The third-order valence-electron chi connectivity index (χ3n) is 3.23. The molecule has 0 bridgehead atoms. The van der Waals surface area contributed by atoms with Gasteiger partial charge in [0.25, 0.3) is 0 Å². The summed E-state index contributed by atoms with van der Waals surface area (Å²) in [6, 6.07) is 13.0. The number of carbonyl (C=O) groups excluding carboxylic acids is 1. The Morgan fingerprint density at radius 2 is 2.00 bits per heavy atom. The molecular formula is C17H13ClFN3O2. The summed E-state index contributed by atoms with van der Waals surface area (Å²) in [6.45, 7) is 0.351. The van der Waals surface area contributed by atoms with Gasteiger partial charge >= 0.3 is 0 Å². The minimum atomic E-state index is -0.397. The van der Waals surface area contributed by atoms with E-state index in [2.05, 4.69) is 15.5 Å². The summed E-state index contributed by atoms with van der Waals surface area (Å²) in [4.78, 5) is 11.9. The molecule has 0 unspecified atom stereocenters. The summed E-state index contributed by atoms with van der Waals surface area (Å²) in [5.41, 5.74) is 1.36. The number of benzene rings is 2. The summed E-state index contributed by atoms with van der Waals surface area (Å²) in [6.07, 6.45) is -0.0527. The number of nitrogens with zero attached hydrogens (tertiary/aromatic N) is 2. The van der Waals surface area contributed by atoms with Gasteiger partial charge in [-0.25, -0.2) is 4.39 Å². The van der Waals surface area contributed by atoms with Crippen molar-refractivity contribution in [3.8, 4) is 11.5 Å². The highest BCUT2D eigenvalue weighted by Gasteiger charge is 2.12. The van der Waals surface area contributed by atoms with Crippen LogP contribution in [0.4, 0.5) is 4.39 Å². The first-order valence-electron chi connectivity index (χ1n) is 7.19. The van der Waals surface area contributed by atoms with Crippen LogP contribution in [0.5, 0.6) is 0 Å². The number of halogens is 2. The second-order valence-electron chi connectivity index (χ2n) is 5.09. The van der Waals surface area contributed by atoms with Crippen molar-refractivity contribution < 1.29 is 13.6 Å². The number of nitrogens with one attached hydrogen (secondary N) is 1. The molecule has 0 atom stereocenters. The molecule has 1 N–H and O–H groups in total. The molecule has 0 saturated carbocycles. The van der Waals surface area contributed by atoms with E-state index in [0.717, 1.165) is 5.56 Å². The topological polar surface area (TPSA) is 68.0 Å². The zero-order valence-electron chi connectivity index (χ0n) is 12.5. The van der Waals surface area contributed by atoms with E-state index in [4.69, 9.17) is 16.0 Å². The molecule has 1 amide bonds. The summed E-state index contributed by atoms with van der Waals surface area (Å²) in [7, 11) is 0. The second kappa shape index (κ2) is 7.23. The first-order valence-corrected chi connectivity index (χ1v) is 7.57. The maximum Gasteiger partial charge on any atom is 0.247 e. The van der Waals surface area contributed by atoms with Crippen molar-refractivity contribution in [2.24, 2.45) is 0 Å². The van der Waals surface area contributed by atoms with Gasteiger partial charge in [0.05, 0.1) is 0 Å². The maximum atomic E-state index is 13.2. The fourth-order valence-electron chi connectivity index (χ4n) is 2.11. The third kappa shape index (κ3) is 4.17. The van der Waals surface area contributed by atoms with Gasteiger partial charge in [0.1, 0.15) is 12.2 Å². The van der Waals surface area contributed by atoms with Crippen LogP contribution < -0.4 is 5.32 Å². The highest BCUT2D eigenvalue weighted by atomic mass is 35.5. The Morgan fingerprint density at radius 3 is 2.79 bits per heavy atom. The lowest BCUT2D eigenvalue weighted by molar-refractivity contribution is -0.120. The molecule has 0 aliphatic carbocycles. The van der Waals surface area contributed by atoms with E-state index in [0.29, 0.717) is 17.1 Å². The van der Waals surface area contributed by atoms with Gasteiger partial charge in [0.2, 0.25) is 17.7 Å². The van der Waals surface area contributed by atoms with Crippen molar-refractivity contribution in [1.82, 2.24) is 15.5 Å². The standard InChI is InChI=1S/C17H13ClFN3O2/c18-13-5-1-3-11(7-13)10-20-15(23)9-16-21-22-17(24-16)12-4-2-6-14(19)8-12/h1-8H,9-10H2,(H,20,23). The second-order valence-corrected chi connectivity index (χ2v) is 5.53. The van der Waals surface area contributed by atoms with Gasteiger partial charge in [-0.1, -0.05) is 29.8 Å². The average Bonchev–Trinajstić information content (AvgIpc) is 3.01. The molecule has 0 saturated heterocycles. The Labute approximate surface area is 142 Å². The van der Waals surface area contributed by atoms with Gasteiger partial charge in [0, 0.05) is 17.1 Å². The van der Waals surface area contributed by atoms with Crippen molar-refractivity contribution in [3.05, 3.63) is 70.8 Å². The van der Waals surface area contributed by atoms with Crippen molar-refractivity contribution in [1.29, 1.82) is 0 Å². The van der Waals surface area contributed by atoms with Gasteiger partial charge < -0.3 is 9.73 Å². The number of amides is 1. The zero-order valence-corrected chi connectivity index (χ0v) is 13.3. The molecule has 1 heterocycles. The monoisotopic (exact) mass is 345 g/mol. The van der Waals surface area contributed by atoms with E-state index in [9.17, 15) is 9.18 Å². The molecule has 3 rings (SSSR count). The highest BCUT2D eigenvalue weighted by Crippen LogP contribution is 2.18. The molecule has 0 fully saturated rings. The Balaban J connectivity index is 1.59. The molecule has 0 aliphatic heterocycles. The third-order valence-corrected chi connectivity index (χ3v) is 3.46. The van der Waals surface area contributed by atoms with Crippen LogP contribution in [-0.4, -0.2) is 16.1 Å². The molecule has 0 spiro atoms. The Morgan fingerprint density at radius 1 is 1.17 bits per heavy atom. The quantitative estimate of drug-likeness (QED) is 0.769. The molecule has 5 nitrogen and oxygen atoms in total. The highest BCUT2D eigenvalue weighted by molar-refractivity contribution is 6.30. The minimum Gasteiger partial charge on any atom is -0.420 e. The van der Waals surface area contributed by atoms with Gasteiger partial charge in [0.15, 0.2) is 0 Å². The van der Waals surface area contributed by atoms with Gasteiger partial charge in [-0.3, -0.25) is 4.79 Å². The van der Waals surface area contributed by atoms with Crippen molar-refractivity contribution in [3.63, 3.8) is 0 Å². The van der Waals surface area contributed by atoms with E-state index in [1.165, 1.54) is 12.1 Å². The number of carbonyl (C=O) groups is 1. The normalized spacial score (nSPS) is 10.6. The average molecular weight is 346 g/mol. The van der Waals surface area contributed by atoms with E-state index < -0.39 is 5.82 Å². The predicted octanol–water partition coefficient (Wildman–Crippen LogP) is 3.39. The SMILES string of the molecule is O=C(Cc1nnc(-c2cccc(F)c2)o1)NCc1cccc(Cl)c1. The fraction of sp³-hybridized carbons (Fsp3) is 0.118. The van der Waals surface area contributed by atoms with Gasteiger partial charge in [-0.2, -0.15) is 0 Å². The summed E-state index contributed by atoms with van der Waals surface area (Å²) < 4.78 is 18.6. The van der Waals surface area contributed by atoms with E-state index in [1.54, 1.807) is 24.3 Å². The Kier molecular flexibility index (Phi) is 4.86.